The maximum absolute atomic E-state index is 11.2. The maximum Gasteiger partial charge on any atom is 0.329 e. The second kappa shape index (κ2) is 6.87. The largest absolute Gasteiger partial charge is 0.361 e. The first-order valence-electron chi connectivity index (χ1n) is 8.76. The molecule has 2 aliphatic rings. The van der Waals surface area contributed by atoms with E-state index in [0.717, 1.165) is 57.0 Å². The normalized spacial score (nSPS) is 18.1. The highest BCUT2D eigenvalue weighted by Gasteiger charge is 2.28. The molecule has 0 amide bonds. The Balaban J connectivity index is 1.41. The van der Waals surface area contributed by atoms with Gasteiger partial charge in [0.2, 0.25) is 11.8 Å². The van der Waals surface area contributed by atoms with Gasteiger partial charge < -0.3 is 14.7 Å². The fourth-order valence-corrected chi connectivity index (χ4v) is 3.01. The van der Waals surface area contributed by atoms with Crippen molar-refractivity contribution in [3.8, 4) is 0 Å². The van der Waals surface area contributed by atoms with Crippen LogP contribution in [0.5, 0.6) is 0 Å². The van der Waals surface area contributed by atoms with Crippen LogP contribution in [0.4, 0.5) is 17.5 Å². The van der Waals surface area contributed by atoms with Crippen LogP contribution in [-0.2, 0) is 6.54 Å². The van der Waals surface area contributed by atoms with E-state index in [9.17, 15) is 10.1 Å². The van der Waals surface area contributed by atoms with Crippen molar-refractivity contribution < 1.29 is 9.45 Å². The Morgan fingerprint density at radius 1 is 1.35 bits per heavy atom. The van der Waals surface area contributed by atoms with Gasteiger partial charge in [-0.1, -0.05) is 5.16 Å². The molecular weight excluding hydrogens is 338 g/mol. The van der Waals surface area contributed by atoms with Crippen LogP contribution in [0.15, 0.2) is 16.8 Å². The first-order chi connectivity index (χ1) is 12.6. The van der Waals surface area contributed by atoms with Crippen LogP contribution in [0, 0.1) is 17.0 Å². The van der Waals surface area contributed by atoms with Gasteiger partial charge in [0, 0.05) is 44.8 Å². The fraction of sp³-hybridized carbons (Fsp3) is 0.562. The first kappa shape index (κ1) is 16.7. The van der Waals surface area contributed by atoms with Crippen LogP contribution in [0.25, 0.3) is 0 Å². The Labute approximate surface area is 150 Å². The molecule has 0 atom stereocenters. The molecule has 0 aromatic carbocycles. The van der Waals surface area contributed by atoms with Gasteiger partial charge in [-0.3, -0.25) is 15.0 Å². The summed E-state index contributed by atoms with van der Waals surface area (Å²) in [4.78, 5) is 23.7. The van der Waals surface area contributed by atoms with Gasteiger partial charge in [0.1, 0.15) is 12.0 Å². The molecule has 3 heterocycles. The summed E-state index contributed by atoms with van der Waals surface area (Å²) in [6.45, 7) is 5.85. The number of nitro groups is 1. The average molecular weight is 359 g/mol. The zero-order valence-electron chi connectivity index (χ0n) is 14.6. The zero-order chi connectivity index (χ0) is 18.1. The molecule has 0 bridgehead atoms. The molecule has 2 aromatic rings. The van der Waals surface area contributed by atoms with Crippen LogP contribution in [-0.4, -0.2) is 57.2 Å². The van der Waals surface area contributed by atoms with Crippen molar-refractivity contribution in [3.05, 3.63) is 33.8 Å². The number of piperazine rings is 1. The molecule has 4 rings (SSSR count). The summed E-state index contributed by atoms with van der Waals surface area (Å²) in [5.41, 5.74) is 0.860. The van der Waals surface area contributed by atoms with Gasteiger partial charge >= 0.3 is 5.69 Å². The zero-order valence-corrected chi connectivity index (χ0v) is 14.6. The monoisotopic (exact) mass is 359 g/mol. The number of hydrogen-bond donors (Lipinski definition) is 1. The molecule has 1 N–H and O–H groups in total. The molecule has 138 valence electrons. The van der Waals surface area contributed by atoms with Crippen LogP contribution < -0.4 is 10.2 Å². The lowest BCUT2D eigenvalue weighted by Gasteiger charge is -2.34. The maximum atomic E-state index is 11.2. The third kappa shape index (κ3) is 3.74. The molecule has 2 fully saturated rings. The van der Waals surface area contributed by atoms with E-state index < -0.39 is 4.92 Å². The Bertz CT molecular complexity index is 797. The Morgan fingerprint density at radius 2 is 2.12 bits per heavy atom. The Kier molecular flexibility index (Phi) is 4.41. The molecule has 2 aromatic heterocycles. The van der Waals surface area contributed by atoms with E-state index in [1.807, 2.05) is 13.0 Å². The number of aryl methyl sites for hydroxylation is 1. The topological polar surface area (TPSA) is 113 Å². The Hall–Kier alpha value is -2.75. The summed E-state index contributed by atoms with van der Waals surface area (Å²) >= 11 is 0. The average Bonchev–Trinajstić information content (AvgIpc) is 3.35. The van der Waals surface area contributed by atoms with Crippen molar-refractivity contribution in [2.75, 3.05) is 36.4 Å². The highest BCUT2D eigenvalue weighted by Crippen LogP contribution is 2.30. The molecule has 1 saturated heterocycles. The predicted octanol–water partition coefficient (Wildman–Crippen LogP) is 1.58. The molecule has 0 unspecified atom stereocenters. The number of anilines is 2. The Morgan fingerprint density at radius 3 is 2.73 bits per heavy atom. The highest BCUT2D eigenvalue weighted by atomic mass is 16.6. The van der Waals surface area contributed by atoms with Gasteiger partial charge in [0.15, 0.2) is 0 Å². The molecule has 0 spiro atoms. The molecule has 26 heavy (non-hydrogen) atoms. The van der Waals surface area contributed by atoms with Crippen molar-refractivity contribution in [1.82, 2.24) is 20.0 Å². The first-order valence-corrected chi connectivity index (χ1v) is 8.76. The lowest BCUT2D eigenvalue weighted by Crippen LogP contribution is -2.46. The standard InChI is InChI=1S/C16H21N7O3/c1-11-8-13(20-26-11)10-21-4-6-22(7-5-21)16-17-9-14(23(24)25)15(19-16)18-12-2-3-12/h8-9,12H,2-7,10H2,1H3,(H,17,18,19). The van der Waals surface area contributed by atoms with Crippen LogP contribution in [0.2, 0.25) is 0 Å². The van der Waals surface area contributed by atoms with E-state index in [-0.39, 0.29) is 5.69 Å². The fourth-order valence-electron chi connectivity index (χ4n) is 3.01. The SMILES string of the molecule is Cc1cc(CN2CCN(c3ncc([N+](=O)[O-])c(NC4CC4)n3)CC2)no1. The molecule has 1 saturated carbocycles. The van der Waals surface area contributed by atoms with Crippen LogP contribution in [0.3, 0.4) is 0 Å². The molecule has 0 radical (unpaired) electrons. The van der Waals surface area contributed by atoms with Crippen molar-refractivity contribution in [1.29, 1.82) is 0 Å². The summed E-state index contributed by atoms with van der Waals surface area (Å²) in [5.74, 6) is 1.67. The van der Waals surface area contributed by atoms with Crippen LogP contribution in [0.1, 0.15) is 24.3 Å². The number of aromatic nitrogens is 3. The summed E-state index contributed by atoms with van der Waals surface area (Å²) < 4.78 is 5.11. The van der Waals surface area contributed by atoms with Crippen molar-refractivity contribution in [3.63, 3.8) is 0 Å². The highest BCUT2D eigenvalue weighted by molar-refractivity contribution is 5.58. The minimum Gasteiger partial charge on any atom is -0.361 e. The summed E-state index contributed by atoms with van der Waals surface area (Å²) in [7, 11) is 0. The second-order valence-corrected chi connectivity index (χ2v) is 6.77. The lowest BCUT2D eigenvalue weighted by molar-refractivity contribution is -0.384. The summed E-state index contributed by atoms with van der Waals surface area (Å²) in [6.07, 6.45) is 3.35. The third-order valence-corrected chi connectivity index (χ3v) is 4.59. The van der Waals surface area contributed by atoms with Crippen LogP contribution >= 0.6 is 0 Å². The molecule has 10 nitrogen and oxygen atoms in total. The summed E-state index contributed by atoms with van der Waals surface area (Å²) in [5, 5.41) is 18.4. The van der Waals surface area contributed by atoms with Gasteiger partial charge in [0.05, 0.1) is 10.6 Å². The van der Waals surface area contributed by atoms with Crippen molar-refractivity contribution >= 4 is 17.5 Å². The lowest BCUT2D eigenvalue weighted by atomic mass is 10.3. The van der Waals surface area contributed by atoms with Crippen molar-refractivity contribution in [2.45, 2.75) is 32.4 Å². The second-order valence-electron chi connectivity index (χ2n) is 6.77. The minimum atomic E-state index is -0.438. The molecule has 1 aliphatic carbocycles. The van der Waals surface area contributed by atoms with E-state index in [2.05, 4.69) is 30.2 Å². The smallest absolute Gasteiger partial charge is 0.329 e. The predicted molar refractivity (Wildman–Crippen MR) is 94.1 cm³/mol. The van der Waals surface area contributed by atoms with E-state index in [4.69, 9.17) is 4.52 Å². The molecular formula is C16H21N7O3. The number of nitrogens with one attached hydrogen (secondary N) is 1. The van der Waals surface area contributed by atoms with Gasteiger partial charge in [-0.25, -0.2) is 4.98 Å². The number of rotatable bonds is 6. The minimum absolute atomic E-state index is 0.0688. The van der Waals surface area contributed by atoms with E-state index in [1.54, 1.807) is 0 Å². The van der Waals surface area contributed by atoms with Gasteiger partial charge in [-0.15, -0.1) is 0 Å². The quantitative estimate of drug-likeness (QED) is 0.606. The molecule has 10 heteroatoms. The number of nitrogens with zero attached hydrogens (tertiary/aromatic N) is 6. The van der Waals surface area contributed by atoms with Crippen molar-refractivity contribution in [2.24, 2.45) is 0 Å². The number of hydrogen-bond acceptors (Lipinski definition) is 9. The third-order valence-electron chi connectivity index (χ3n) is 4.59. The van der Waals surface area contributed by atoms with E-state index in [0.29, 0.717) is 17.8 Å². The molecule has 1 aliphatic heterocycles. The van der Waals surface area contributed by atoms with Gasteiger partial charge in [-0.2, -0.15) is 4.98 Å². The van der Waals surface area contributed by atoms with Gasteiger partial charge in [-0.05, 0) is 19.8 Å². The van der Waals surface area contributed by atoms with Gasteiger partial charge in [0.25, 0.3) is 0 Å². The summed E-state index contributed by atoms with van der Waals surface area (Å²) in [6, 6.07) is 2.24. The van der Waals surface area contributed by atoms with E-state index >= 15 is 0 Å². The van der Waals surface area contributed by atoms with E-state index in [1.165, 1.54) is 6.20 Å².